The third kappa shape index (κ3) is 5.10. The summed E-state index contributed by atoms with van der Waals surface area (Å²) in [6.07, 6.45) is 2.38. The average Bonchev–Trinajstić information content (AvgIpc) is 2.30. The van der Waals surface area contributed by atoms with Gasteiger partial charge in [-0.1, -0.05) is 43.7 Å². The maximum Gasteiger partial charge on any atom is 0.0712 e. The van der Waals surface area contributed by atoms with Crippen LogP contribution < -0.4 is 0 Å². The van der Waals surface area contributed by atoms with Gasteiger partial charge in [-0.05, 0) is 38.4 Å². The third-order valence-corrected chi connectivity index (χ3v) is 3.33. The Hall–Kier alpha value is -0.530. The molecule has 0 aliphatic heterocycles. The van der Waals surface area contributed by atoms with Gasteiger partial charge in [-0.25, -0.2) is 0 Å². The number of benzene rings is 1. The SMILES string of the molecule is CCCN(CCC)CC(Cl)c1ccc(C)cc1. The lowest BCUT2D eigenvalue weighted by molar-refractivity contribution is 0.275. The highest BCUT2D eigenvalue weighted by Crippen LogP contribution is 2.22. The minimum atomic E-state index is 0.105. The fraction of sp³-hybridized carbons (Fsp3) is 0.600. The fourth-order valence-electron chi connectivity index (χ4n) is 2.03. The second kappa shape index (κ2) is 7.73. The molecule has 0 fully saturated rings. The minimum absolute atomic E-state index is 0.105. The van der Waals surface area contributed by atoms with E-state index in [0.717, 1.165) is 19.6 Å². The van der Waals surface area contributed by atoms with Crippen molar-refractivity contribution in [1.29, 1.82) is 0 Å². The first-order chi connectivity index (χ1) is 8.17. The second-order valence-corrected chi connectivity index (χ2v) is 5.21. The van der Waals surface area contributed by atoms with Gasteiger partial charge in [-0.2, -0.15) is 0 Å². The summed E-state index contributed by atoms with van der Waals surface area (Å²) in [5, 5.41) is 0.105. The molecule has 0 radical (unpaired) electrons. The molecule has 96 valence electrons. The summed E-state index contributed by atoms with van der Waals surface area (Å²) in [7, 11) is 0. The first-order valence-electron chi connectivity index (χ1n) is 6.60. The van der Waals surface area contributed by atoms with Gasteiger partial charge in [0.1, 0.15) is 0 Å². The van der Waals surface area contributed by atoms with Crippen LogP contribution in [0.3, 0.4) is 0 Å². The van der Waals surface area contributed by atoms with Gasteiger partial charge in [0.2, 0.25) is 0 Å². The summed E-state index contributed by atoms with van der Waals surface area (Å²) in [4.78, 5) is 2.46. The van der Waals surface area contributed by atoms with Crippen molar-refractivity contribution in [3.05, 3.63) is 35.4 Å². The molecule has 0 aliphatic rings. The number of aryl methyl sites for hydroxylation is 1. The molecule has 0 saturated heterocycles. The topological polar surface area (TPSA) is 3.24 Å². The number of hydrogen-bond acceptors (Lipinski definition) is 1. The summed E-state index contributed by atoms with van der Waals surface area (Å²) in [5.74, 6) is 0. The van der Waals surface area contributed by atoms with E-state index in [1.165, 1.54) is 24.0 Å². The number of alkyl halides is 1. The maximum absolute atomic E-state index is 6.48. The molecule has 1 rings (SSSR count). The van der Waals surface area contributed by atoms with Gasteiger partial charge < -0.3 is 4.90 Å². The summed E-state index contributed by atoms with van der Waals surface area (Å²) in [6, 6.07) is 8.55. The van der Waals surface area contributed by atoms with Gasteiger partial charge >= 0.3 is 0 Å². The highest BCUT2D eigenvalue weighted by molar-refractivity contribution is 6.21. The lowest BCUT2D eigenvalue weighted by Crippen LogP contribution is -2.28. The first-order valence-corrected chi connectivity index (χ1v) is 7.04. The van der Waals surface area contributed by atoms with Gasteiger partial charge in [0.05, 0.1) is 5.38 Å². The molecule has 1 unspecified atom stereocenters. The Kier molecular flexibility index (Phi) is 6.61. The smallest absolute Gasteiger partial charge is 0.0712 e. The van der Waals surface area contributed by atoms with Gasteiger partial charge in [0.15, 0.2) is 0 Å². The first kappa shape index (κ1) is 14.5. The zero-order chi connectivity index (χ0) is 12.7. The molecule has 0 aliphatic carbocycles. The molecule has 17 heavy (non-hydrogen) atoms. The molecule has 0 spiro atoms. The minimum Gasteiger partial charge on any atom is -0.302 e. The normalized spacial score (nSPS) is 13.0. The Labute approximate surface area is 111 Å². The average molecular weight is 254 g/mol. The van der Waals surface area contributed by atoms with Crippen LogP contribution in [0, 0.1) is 6.92 Å². The summed E-state index contributed by atoms with van der Waals surface area (Å²) in [6.45, 7) is 9.78. The van der Waals surface area contributed by atoms with Crippen LogP contribution in [0.5, 0.6) is 0 Å². The number of rotatable bonds is 7. The van der Waals surface area contributed by atoms with Crippen molar-refractivity contribution in [3.8, 4) is 0 Å². The summed E-state index contributed by atoms with van der Waals surface area (Å²) < 4.78 is 0. The Balaban J connectivity index is 2.56. The summed E-state index contributed by atoms with van der Waals surface area (Å²) >= 11 is 6.48. The molecule has 0 aromatic heterocycles. The van der Waals surface area contributed by atoms with Gasteiger partial charge in [-0.3, -0.25) is 0 Å². The molecular weight excluding hydrogens is 230 g/mol. The van der Waals surface area contributed by atoms with E-state index in [1.807, 2.05) is 0 Å². The highest BCUT2D eigenvalue weighted by Gasteiger charge is 2.12. The Bertz CT molecular complexity index is 301. The fourth-order valence-corrected chi connectivity index (χ4v) is 2.37. The largest absolute Gasteiger partial charge is 0.302 e. The van der Waals surface area contributed by atoms with Crippen LogP contribution >= 0.6 is 11.6 Å². The molecule has 0 bridgehead atoms. The molecular formula is C15H24ClN. The van der Waals surface area contributed by atoms with Gasteiger partial charge in [0.25, 0.3) is 0 Å². The van der Waals surface area contributed by atoms with Crippen molar-refractivity contribution < 1.29 is 0 Å². The van der Waals surface area contributed by atoms with Gasteiger partial charge in [-0.15, -0.1) is 11.6 Å². The van der Waals surface area contributed by atoms with E-state index >= 15 is 0 Å². The highest BCUT2D eigenvalue weighted by atomic mass is 35.5. The quantitative estimate of drug-likeness (QED) is 0.651. The van der Waals surface area contributed by atoms with Crippen LogP contribution in [0.25, 0.3) is 0 Å². The van der Waals surface area contributed by atoms with Crippen LogP contribution in [-0.2, 0) is 0 Å². The number of nitrogens with zero attached hydrogens (tertiary/aromatic N) is 1. The van der Waals surface area contributed by atoms with Crippen LogP contribution in [-0.4, -0.2) is 24.5 Å². The van der Waals surface area contributed by atoms with E-state index in [4.69, 9.17) is 11.6 Å². The predicted molar refractivity (Wildman–Crippen MR) is 76.8 cm³/mol. The molecule has 0 heterocycles. The Morgan fingerprint density at radius 3 is 2.06 bits per heavy atom. The van der Waals surface area contributed by atoms with Crippen molar-refractivity contribution in [3.63, 3.8) is 0 Å². The van der Waals surface area contributed by atoms with Crippen molar-refractivity contribution in [2.75, 3.05) is 19.6 Å². The zero-order valence-electron chi connectivity index (χ0n) is 11.2. The monoisotopic (exact) mass is 253 g/mol. The Morgan fingerprint density at radius 2 is 1.59 bits per heavy atom. The van der Waals surface area contributed by atoms with Crippen molar-refractivity contribution in [2.24, 2.45) is 0 Å². The van der Waals surface area contributed by atoms with Crippen molar-refractivity contribution in [1.82, 2.24) is 4.90 Å². The number of hydrogen-bond donors (Lipinski definition) is 0. The van der Waals surface area contributed by atoms with E-state index in [1.54, 1.807) is 0 Å². The van der Waals surface area contributed by atoms with Gasteiger partial charge in [0, 0.05) is 6.54 Å². The molecule has 1 aromatic rings. The maximum atomic E-state index is 6.48. The second-order valence-electron chi connectivity index (χ2n) is 4.68. The van der Waals surface area contributed by atoms with E-state index in [0.29, 0.717) is 0 Å². The van der Waals surface area contributed by atoms with Crippen LogP contribution in [0.2, 0.25) is 0 Å². The van der Waals surface area contributed by atoms with Crippen LogP contribution in [0.1, 0.15) is 43.2 Å². The van der Waals surface area contributed by atoms with E-state index in [-0.39, 0.29) is 5.38 Å². The van der Waals surface area contributed by atoms with Crippen LogP contribution in [0.4, 0.5) is 0 Å². The molecule has 1 atom stereocenters. The predicted octanol–water partition coefficient (Wildman–Crippen LogP) is 4.40. The zero-order valence-corrected chi connectivity index (χ0v) is 12.0. The molecule has 1 aromatic carbocycles. The van der Waals surface area contributed by atoms with E-state index < -0.39 is 0 Å². The molecule has 0 saturated carbocycles. The van der Waals surface area contributed by atoms with Crippen molar-refractivity contribution in [2.45, 2.75) is 39.0 Å². The lowest BCUT2D eigenvalue weighted by atomic mass is 10.1. The third-order valence-electron chi connectivity index (χ3n) is 2.94. The van der Waals surface area contributed by atoms with E-state index in [9.17, 15) is 0 Å². The van der Waals surface area contributed by atoms with Crippen LogP contribution in [0.15, 0.2) is 24.3 Å². The lowest BCUT2D eigenvalue weighted by Gasteiger charge is -2.24. The Morgan fingerprint density at radius 1 is 1.06 bits per heavy atom. The van der Waals surface area contributed by atoms with E-state index in [2.05, 4.69) is 49.9 Å². The molecule has 2 heteroatoms. The molecule has 1 nitrogen and oxygen atoms in total. The van der Waals surface area contributed by atoms with Crippen molar-refractivity contribution >= 4 is 11.6 Å². The summed E-state index contributed by atoms with van der Waals surface area (Å²) in [5.41, 5.74) is 2.52. The molecule has 0 amide bonds. The molecule has 0 N–H and O–H groups in total. The number of halogens is 1. The standard InChI is InChI=1S/C15H24ClN/c1-4-10-17(11-5-2)12-15(16)14-8-6-13(3)7-9-14/h6-9,15H,4-5,10-12H2,1-3H3.